The molecule has 2 rings (SSSR count). The van der Waals surface area contributed by atoms with Gasteiger partial charge in [-0.1, -0.05) is 30.7 Å². The zero-order valence-electron chi connectivity index (χ0n) is 11.9. The number of methoxy groups -OCH3 is 1. The maximum Gasteiger partial charge on any atom is 0.228 e. The molecular formula is C15H21ClN2O2. The SMILES string of the molecule is COCC(C)C(=O)N1CCNCC1c1cccc(Cl)c1. The fraction of sp³-hybridized carbons (Fsp3) is 0.533. The average molecular weight is 297 g/mol. The summed E-state index contributed by atoms with van der Waals surface area (Å²) in [6.07, 6.45) is 0. The summed E-state index contributed by atoms with van der Waals surface area (Å²) in [6.45, 7) is 4.65. The van der Waals surface area contributed by atoms with Crippen LogP contribution in [0.5, 0.6) is 0 Å². The zero-order chi connectivity index (χ0) is 14.5. The summed E-state index contributed by atoms with van der Waals surface area (Å²) in [6, 6.07) is 7.76. The molecule has 0 bridgehead atoms. The molecule has 0 saturated carbocycles. The van der Waals surface area contributed by atoms with Gasteiger partial charge in [-0.25, -0.2) is 0 Å². The van der Waals surface area contributed by atoms with Crippen LogP contribution in [-0.2, 0) is 9.53 Å². The van der Waals surface area contributed by atoms with Crippen LogP contribution in [0.1, 0.15) is 18.5 Å². The number of amides is 1. The number of carbonyl (C=O) groups excluding carboxylic acids is 1. The van der Waals surface area contributed by atoms with Crippen molar-refractivity contribution in [3.05, 3.63) is 34.9 Å². The minimum Gasteiger partial charge on any atom is -0.384 e. The topological polar surface area (TPSA) is 41.6 Å². The van der Waals surface area contributed by atoms with Crippen molar-refractivity contribution < 1.29 is 9.53 Å². The van der Waals surface area contributed by atoms with Crippen LogP contribution in [0.4, 0.5) is 0 Å². The highest BCUT2D eigenvalue weighted by Crippen LogP contribution is 2.26. The third-order valence-corrected chi connectivity index (χ3v) is 3.83. The first-order valence-corrected chi connectivity index (χ1v) is 7.27. The lowest BCUT2D eigenvalue weighted by molar-refractivity contribution is -0.140. The molecule has 0 spiro atoms. The number of nitrogens with zero attached hydrogens (tertiary/aromatic N) is 1. The maximum absolute atomic E-state index is 12.5. The van der Waals surface area contributed by atoms with Crippen molar-refractivity contribution in [1.82, 2.24) is 10.2 Å². The molecule has 5 heteroatoms. The van der Waals surface area contributed by atoms with E-state index in [0.29, 0.717) is 18.2 Å². The van der Waals surface area contributed by atoms with Crippen LogP contribution in [0.15, 0.2) is 24.3 Å². The molecule has 2 atom stereocenters. The van der Waals surface area contributed by atoms with Gasteiger partial charge >= 0.3 is 0 Å². The van der Waals surface area contributed by atoms with Crippen LogP contribution in [-0.4, -0.2) is 44.2 Å². The molecule has 20 heavy (non-hydrogen) atoms. The zero-order valence-corrected chi connectivity index (χ0v) is 12.7. The number of hydrogen-bond donors (Lipinski definition) is 1. The highest BCUT2D eigenvalue weighted by molar-refractivity contribution is 6.30. The summed E-state index contributed by atoms with van der Waals surface area (Å²) < 4.78 is 5.09. The number of hydrogen-bond acceptors (Lipinski definition) is 3. The van der Waals surface area contributed by atoms with Crippen molar-refractivity contribution in [2.75, 3.05) is 33.4 Å². The summed E-state index contributed by atoms with van der Waals surface area (Å²) >= 11 is 6.06. The van der Waals surface area contributed by atoms with Gasteiger partial charge in [0.2, 0.25) is 5.91 Å². The number of nitrogens with one attached hydrogen (secondary N) is 1. The van der Waals surface area contributed by atoms with Crippen molar-refractivity contribution >= 4 is 17.5 Å². The third-order valence-electron chi connectivity index (χ3n) is 3.60. The van der Waals surface area contributed by atoms with Crippen LogP contribution in [0, 0.1) is 5.92 Å². The number of halogens is 1. The van der Waals surface area contributed by atoms with Crippen molar-refractivity contribution in [3.63, 3.8) is 0 Å². The lowest BCUT2D eigenvalue weighted by Gasteiger charge is -2.38. The third kappa shape index (κ3) is 3.51. The Bertz CT molecular complexity index is 467. The van der Waals surface area contributed by atoms with Gasteiger partial charge in [0.05, 0.1) is 18.6 Å². The lowest BCUT2D eigenvalue weighted by atomic mass is 10.0. The molecule has 0 radical (unpaired) electrons. The quantitative estimate of drug-likeness (QED) is 0.925. The molecular weight excluding hydrogens is 276 g/mol. The highest BCUT2D eigenvalue weighted by Gasteiger charge is 2.30. The second kappa shape index (κ2) is 7.07. The van der Waals surface area contributed by atoms with Crippen molar-refractivity contribution in [3.8, 4) is 0 Å². The van der Waals surface area contributed by atoms with Gasteiger partial charge in [0, 0.05) is 31.8 Å². The van der Waals surface area contributed by atoms with Crippen molar-refractivity contribution in [2.24, 2.45) is 5.92 Å². The Balaban J connectivity index is 2.19. The molecule has 1 fully saturated rings. The van der Waals surface area contributed by atoms with Gasteiger partial charge in [-0.2, -0.15) is 0 Å². The second-order valence-electron chi connectivity index (χ2n) is 5.16. The number of ether oxygens (including phenoxy) is 1. The molecule has 1 aliphatic rings. The molecule has 1 aliphatic heterocycles. The normalized spacial score (nSPS) is 20.8. The Hall–Kier alpha value is -1.10. The standard InChI is InChI=1S/C15H21ClN2O2/c1-11(10-20-2)15(19)18-7-6-17-9-14(18)12-4-3-5-13(16)8-12/h3-5,8,11,14,17H,6-7,9-10H2,1-2H3. The maximum atomic E-state index is 12.5. The first-order chi connectivity index (χ1) is 9.63. The van der Waals surface area contributed by atoms with E-state index in [9.17, 15) is 4.79 Å². The average Bonchev–Trinajstić information content (AvgIpc) is 2.47. The second-order valence-corrected chi connectivity index (χ2v) is 5.60. The van der Waals surface area contributed by atoms with E-state index in [1.54, 1.807) is 7.11 Å². The van der Waals surface area contributed by atoms with E-state index in [2.05, 4.69) is 5.32 Å². The smallest absolute Gasteiger partial charge is 0.228 e. The largest absolute Gasteiger partial charge is 0.384 e. The van der Waals surface area contributed by atoms with Crippen LogP contribution < -0.4 is 5.32 Å². The van der Waals surface area contributed by atoms with Crippen LogP contribution in [0.2, 0.25) is 5.02 Å². The van der Waals surface area contributed by atoms with Crippen LogP contribution >= 0.6 is 11.6 Å². The van der Waals surface area contributed by atoms with Gasteiger partial charge in [-0.05, 0) is 17.7 Å². The number of benzene rings is 1. The van der Waals surface area contributed by atoms with E-state index in [0.717, 1.165) is 18.7 Å². The minimum atomic E-state index is -0.125. The Kier molecular flexibility index (Phi) is 5.40. The molecule has 1 amide bonds. The fourth-order valence-electron chi connectivity index (χ4n) is 2.58. The molecule has 1 saturated heterocycles. The van der Waals surface area contributed by atoms with E-state index < -0.39 is 0 Å². The van der Waals surface area contributed by atoms with E-state index in [-0.39, 0.29) is 17.9 Å². The lowest BCUT2D eigenvalue weighted by Crippen LogP contribution is -2.50. The van der Waals surface area contributed by atoms with Gasteiger partial charge in [0.1, 0.15) is 0 Å². The number of piperazine rings is 1. The molecule has 1 heterocycles. The van der Waals surface area contributed by atoms with E-state index in [1.807, 2.05) is 36.1 Å². The summed E-state index contributed by atoms with van der Waals surface area (Å²) in [4.78, 5) is 14.5. The predicted molar refractivity (Wildman–Crippen MR) is 79.8 cm³/mol. The van der Waals surface area contributed by atoms with Gasteiger partial charge in [0.25, 0.3) is 0 Å². The first kappa shape index (κ1) is 15.3. The van der Waals surface area contributed by atoms with Gasteiger partial charge < -0.3 is 15.0 Å². The predicted octanol–water partition coefficient (Wildman–Crippen LogP) is 2.10. The molecule has 2 unspecified atom stereocenters. The molecule has 1 N–H and O–H groups in total. The molecule has 110 valence electrons. The Labute approximate surface area is 125 Å². The van der Waals surface area contributed by atoms with Gasteiger partial charge in [-0.15, -0.1) is 0 Å². The fourth-order valence-corrected chi connectivity index (χ4v) is 2.78. The summed E-state index contributed by atoms with van der Waals surface area (Å²) in [7, 11) is 1.62. The molecule has 1 aromatic rings. The molecule has 4 nitrogen and oxygen atoms in total. The molecule has 1 aromatic carbocycles. The van der Waals surface area contributed by atoms with Crippen LogP contribution in [0.3, 0.4) is 0 Å². The highest BCUT2D eigenvalue weighted by atomic mass is 35.5. The van der Waals surface area contributed by atoms with E-state index in [1.165, 1.54) is 0 Å². The molecule has 0 aliphatic carbocycles. The van der Waals surface area contributed by atoms with Gasteiger partial charge in [-0.3, -0.25) is 4.79 Å². The summed E-state index contributed by atoms with van der Waals surface area (Å²) in [5, 5.41) is 4.04. The Morgan fingerprint density at radius 2 is 2.40 bits per heavy atom. The Morgan fingerprint density at radius 1 is 1.60 bits per heavy atom. The monoisotopic (exact) mass is 296 g/mol. The van der Waals surface area contributed by atoms with E-state index in [4.69, 9.17) is 16.3 Å². The van der Waals surface area contributed by atoms with E-state index >= 15 is 0 Å². The first-order valence-electron chi connectivity index (χ1n) is 6.89. The number of carbonyl (C=O) groups is 1. The summed E-state index contributed by atoms with van der Waals surface area (Å²) in [5.41, 5.74) is 1.07. The molecule has 0 aromatic heterocycles. The van der Waals surface area contributed by atoms with Crippen molar-refractivity contribution in [2.45, 2.75) is 13.0 Å². The Morgan fingerprint density at radius 3 is 3.10 bits per heavy atom. The van der Waals surface area contributed by atoms with Crippen LogP contribution in [0.25, 0.3) is 0 Å². The minimum absolute atomic E-state index is 0.0363. The van der Waals surface area contributed by atoms with Crippen molar-refractivity contribution in [1.29, 1.82) is 0 Å². The summed E-state index contributed by atoms with van der Waals surface area (Å²) in [5.74, 6) is 0.0121. The van der Waals surface area contributed by atoms with Gasteiger partial charge in [0.15, 0.2) is 0 Å². The number of rotatable bonds is 4.